The van der Waals surface area contributed by atoms with Crippen molar-refractivity contribution in [1.82, 2.24) is 5.32 Å². The second-order valence-electron chi connectivity index (χ2n) is 7.40. The molecule has 1 aliphatic heterocycles. The molecule has 130 valence electrons. The number of nitrogens with one attached hydrogen (secondary N) is 1. The summed E-state index contributed by atoms with van der Waals surface area (Å²) in [7, 11) is 0. The number of para-hydroxylation sites is 1. The van der Waals surface area contributed by atoms with Crippen molar-refractivity contribution in [2.75, 3.05) is 18.0 Å². The van der Waals surface area contributed by atoms with Crippen LogP contribution in [0.15, 0.2) is 60.7 Å². The molecule has 2 aromatic carbocycles. The Balaban J connectivity index is 1.45. The average Bonchev–Trinajstić information content (AvgIpc) is 2.63. The van der Waals surface area contributed by atoms with E-state index in [-0.39, 0.29) is 17.4 Å². The summed E-state index contributed by atoms with van der Waals surface area (Å²) < 4.78 is 0. The van der Waals surface area contributed by atoms with E-state index in [4.69, 9.17) is 0 Å². The van der Waals surface area contributed by atoms with Gasteiger partial charge >= 0.3 is 0 Å². The molecule has 3 heteroatoms. The van der Waals surface area contributed by atoms with Gasteiger partial charge in [-0.15, -0.1) is 0 Å². The molecule has 2 fully saturated rings. The number of carbonyl (C=O) groups is 1. The van der Waals surface area contributed by atoms with Crippen LogP contribution in [0.1, 0.15) is 37.7 Å². The molecular weight excluding hydrogens is 308 g/mol. The molecule has 3 nitrogen and oxygen atoms in total. The smallest absolute Gasteiger partial charge is 0.230 e. The fraction of sp³-hybridized carbons (Fsp3) is 0.409. The van der Waals surface area contributed by atoms with E-state index >= 15 is 0 Å². The monoisotopic (exact) mass is 334 g/mol. The maximum Gasteiger partial charge on any atom is 0.230 e. The fourth-order valence-electron chi connectivity index (χ4n) is 4.23. The number of piperidine rings is 1. The van der Waals surface area contributed by atoms with Crippen molar-refractivity contribution in [3.05, 3.63) is 66.2 Å². The molecule has 1 aliphatic carbocycles. The highest BCUT2D eigenvalue weighted by Gasteiger charge is 2.46. The quantitative estimate of drug-likeness (QED) is 0.920. The Bertz CT molecular complexity index is 709. The number of hydrogen-bond donors (Lipinski definition) is 1. The summed E-state index contributed by atoms with van der Waals surface area (Å²) in [5.41, 5.74) is 2.13. The molecule has 4 rings (SSSR count). The summed E-state index contributed by atoms with van der Waals surface area (Å²) >= 11 is 0. The SMILES string of the molecule is O=C(NC1CCCN(c2ccccc2)C1)C1(c2ccccc2)CCC1. The molecule has 1 heterocycles. The molecule has 2 aromatic rings. The van der Waals surface area contributed by atoms with Gasteiger partial charge in [-0.05, 0) is 43.4 Å². The highest BCUT2D eigenvalue weighted by atomic mass is 16.2. The summed E-state index contributed by atoms with van der Waals surface area (Å²) in [6.07, 6.45) is 5.27. The van der Waals surface area contributed by atoms with Gasteiger partial charge in [-0.25, -0.2) is 0 Å². The van der Waals surface area contributed by atoms with Crippen molar-refractivity contribution in [3.8, 4) is 0 Å². The zero-order valence-corrected chi connectivity index (χ0v) is 14.7. The molecule has 1 unspecified atom stereocenters. The van der Waals surface area contributed by atoms with E-state index in [1.54, 1.807) is 0 Å². The lowest BCUT2D eigenvalue weighted by molar-refractivity contribution is -0.130. The molecule has 25 heavy (non-hydrogen) atoms. The summed E-state index contributed by atoms with van der Waals surface area (Å²) in [5.74, 6) is 0.227. The van der Waals surface area contributed by atoms with E-state index < -0.39 is 0 Å². The number of anilines is 1. The molecule has 1 N–H and O–H groups in total. The summed E-state index contributed by atoms with van der Waals surface area (Å²) in [5, 5.41) is 3.38. The standard InChI is InChI=1S/C22H26N2O/c25-21(22(14-8-15-22)18-9-3-1-4-10-18)23-19-11-7-16-24(17-19)20-12-5-2-6-13-20/h1-6,9-10,12-13,19H,7-8,11,14-17H2,(H,23,25). The second-order valence-corrected chi connectivity index (χ2v) is 7.40. The molecule has 1 saturated heterocycles. The third-order valence-electron chi connectivity index (χ3n) is 5.85. The van der Waals surface area contributed by atoms with Crippen LogP contribution in [0.5, 0.6) is 0 Å². The molecule has 0 aromatic heterocycles. The number of amides is 1. The molecule has 0 bridgehead atoms. The highest BCUT2D eigenvalue weighted by molar-refractivity contribution is 5.89. The maximum absolute atomic E-state index is 13.1. The van der Waals surface area contributed by atoms with E-state index in [2.05, 4.69) is 46.6 Å². The number of rotatable bonds is 4. The Kier molecular flexibility index (Phi) is 4.48. The summed E-state index contributed by atoms with van der Waals surface area (Å²) in [6, 6.07) is 21.1. The molecular formula is C22H26N2O. The largest absolute Gasteiger partial charge is 0.369 e. The van der Waals surface area contributed by atoms with Crippen molar-refractivity contribution >= 4 is 11.6 Å². The van der Waals surface area contributed by atoms with Crippen LogP contribution in [0, 0.1) is 0 Å². The molecule has 0 radical (unpaired) electrons. The van der Waals surface area contributed by atoms with Crippen LogP contribution in [0.4, 0.5) is 5.69 Å². The first-order chi connectivity index (χ1) is 12.3. The zero-order chi connectivity index (χ0) is 17.1. The van der Waals surface area contributed by atoms with Crippen molar-refractivity contribution in [3.63, 3.8) is 0 Å². The minimum Gasteiger partial charge on any atom is -0.369 e. The normalized spacial score (nSPS) is 22.1. The van der Waals surface area contributed by atoms with Gasteiger partial charge in [0.05, 0.1) is 5.41 Å². The lowest BCUT2D eigenvalue weighted by Gasteiger charge is -2.43. The van der Waals surface area contributed by atoms with E-state index in [1.807, 2.05) is 24.3 Å². The van der Waals surface area contributed by atoms with Crippen molar-refractivity contribution < 1.29 is 4.79 Å². The number of benzene rings is 2. The van der Waals surface area contributed by atoms with Crippen LogP contribution in [-0.2, 0) is 10.2 Å². The predicted molar refractivity (Wildman–Crippen MR) is 102 cm³/mol. The average molecular weight is 334 g/mol. The van der Waals surface area contributed by atoms with E-state index in [1.165, 1.54) is 11.3 Å². The Labute approximate surface area is 150 Å². The third-order valence-corrected chi connectivity index (χ3v) is 5.85. The lowest BCUT2D eigenvalue weighted by Crippen LogP contribution is -2.55. The first kappa shape index (κ1) is 16.2. The summed E-state index contributed by atoms with van der Waals surface area (Å²) in [4.78, 5) is 15.5. The summed E-state index contributed by atoms with van der Waals surface area (Å²) in [6.45, 7) is 1.97. The van der Waals surface area contributed by atoms with Gasteiger partial charge < -0.3 is 10.2 Å². The maximum atomic E-state index is 13.1. The van der Waals surface area contributed by atoms with Crippen molar-refractivity contribution in [1.29, 1.82) is 0 Å². The van der Waals surface area contributed by atoms with Crippen LogP contribution < -0.4 is 10.2 Å². The molecule has 1 saturated carbocycles. The van der Waals surface area contributed by atoms with E-state index in [0.29, 0.717) is 0 Å². The Morgan fingerprint density at radius 3 is 2.28 bits per heavy atom. The van der Waals surface area contributed by atoms with Crippen LogP contribution in [0.3, 0.4) is 0 Å². The van der Waals surface area contributed by atoms with Gasteiger partial charge in [-0.1, -0.05) is 55.0 Å². The van der Waals surface area contributed by atoms with Crippen LogP contribution in [0.25, 0.3) is 0 Å². The minimum atomic E-state index is -0.295. The van der Waals surface area contributed by atoms with Gasteiger partial charge in [0.15, 0.2) is 0 Å². The Morgan fingerprint density at radius 1 is 0.960 bits per heavy atom. The predicted octanol–water partition coefficient (Wildman–Crippen LogP) is 3.89. The van der Waals surface area contributed by atoms with Gasteiger partial charge in [-0.3, -0.25) is 4.79 Å². The van der Waals surface area contributed by atoms with Gasteiger partial charge in [0.25, 0.3) is 0 Å². The minimum absolute atomic E-state index is 0.227. The number of hydrogen-bond acceptors (Lipinski definition) is 2. The van der Waals surface area contributed by atoms with Gasteiger partial charge in [0.1, 0.15) is 0 Å². The zero-order valence-electron chi connectivity index (χ0n) is 14.7. The molecule has 1 amide bonds. The fourth-order valence-corrected chi connectivity index (χ4v) is 4.23. The topological polar surface area (TPSA) is 32.3 Å². The van der Waals surface area contributed by atoms with Crippen LogP contribution >= 0.6 is 0 Å². The van der Waals surface area contributed by atoms with Gasteiger partial charge in [0, 0.05) is 24.8 Å². The molecule has 1 atom stereocenters. The van der Waals surface area contributed by atoms with Crippen molar-refractivity contribution in [2.24, 2.45) is 0 Å². The van der Waals surface area contributed by atoms with Gasteiger partial charge in [-0.2, -0.15) is 0 Å². The van der Waals surface area contributed by atoms with E-state index in [9.17, 15) is 4.79 Å². The second kappa shape index (κ2) is 6.91. The van der Waals surface area contributed by atoms with Crippen LogP contribution in [0.2, 0.25) is 0 Å². The van der Waals surface area contributed by atoms with E-state index in [0.717, 1.165) is 45.2 Å². The lowest BCUT2D eigenvalue weighted by atomic mass is 9.63. The number of nitrogens with zero attached hydrogens (tertiary/aromatic N) is 1. The van der Waals surface area contributed by atoms with Gasteiger partial charge in [0.2, 0.25) is 5.91 Å². The number of carbonyl (C=O) groups excluding carboxylic acids is 1. The Morgan fingerprint density at radius 2 is 1.64 bits per heavy atom. The first-order valence-corrected chi connectivity index (χ1v) is 9.44. The third kappa shape index (κ3) is 3.15. The molecule has 2 aliphatic rings. The van der Waals surface area contributed by atoms with Crippen molar-refractivity contribution in [2.45, 2.75) is 43.6 Å². The molecule has 0 spiro atoms. The highest BCUT2D eigenvalue weighted by Crippen LogP contribution is 2.44. The first-order valence-electron chi connectivity index (χ1n) is 9.44. The Hall–Kier alpha value is -2.29. The van der Waals surface area contributed by atoms with Crippen LogP contribution in [-0.4, -0.2) is 25.0 Å².